The summed E-state index contributed by atoms with van der Waals surface area (Å²) in [5.41, 5.74) is 11.3. The van der Waals surface area contributed by atoms with Crippen molar-refractivity contribution in [3.05, 3.63) is 124 Å². The zero-order chi connectivity index (χ0) is 35.6. The summed E-state index contributed by atoms with van der Waals surface area (Å²) in [6.45, 7) is 16.6. The fourth-order valence-corrected chi connectivity index (χ4v) is 11.0. The van der Waals surface area contributed by atoms with E-state index in [9.17, 15) is 0 Å². The number of nitrogens with zero attached hydrogens (tertiary/aromatic N) is 1. The summed E-state index contributed by atoms with van der Waals surface area (Å²) in [6, 6.07) is 25.4. The van der Waals surface area contributed by atoms with Crippen LogP contribution in [-0.4, -0.2) is 13.1 Å². The maximum Gasteiger partial charge on any atom is 0.177 e. The lowest BCUT2D eigenvalue weighted by molar-refractivity contribution is 0.0641. The van der Waals surface area contributed by atoms with Gasteiger partial charge >= 0.3 is 0 Å². The van der Waals surface area contributed by atoms with E-state index < -0.39 is 5.60 Å². The van der Waals surface area contributed by atoms with Gasteiger partial charge in [-0.1, -0.05) is 107 Å². The zero-order valence-corrected chi connectivity index (χ0v) is 31.5. The van der Waals surface area contributed by atoms with Crippen LogP contribution in [0.3, 0.4) is 0 Å². The van der Waals surface area contributed by atoms with Crippen LogP contribution in [0, 0.1) is 23.2 Å². The molecule has 8 rings (SSSR count). The van der Waals surface area contributed by atoms with E-state index in [1.165, 1.54) is 70.1 Å². The van der Waals surface area contributed by atoms with Crippen molar-refractivity contribution < 1.29 is 4.74 Å². The SMILES string of the molecule is C#C/C=C\C(=C/C)C1(c2ccc(N3CCCCC3)cc2)C=Cc2c3c(c4ccccc4c2O1)-c1ccc(CC)cc1C31CC(C)(C)CC(C)(C)C1. The molecular weight excluding hydrogens is 619 g/mol. The van der Waals surface area contributed by atoms with E-state index in [0.717, 1.165) is 54.6 Å². The van der Waals surface area contributed by atoms with Crippen molar-refractivity contribution in [1.82, 2.24) is 0 Å². The molecule has 1 spiro atoms. The molecule has 2 fully saturated rings. The molecule has 260 valence electrons. The molecule has 2 nitrogen and oxygen atoms in total. The highest BCUT2D eigenvalue weighted by Crippen LogP contribution is 2.67. The van der Waals surface area contributed by atoms with Crippen LogP contribution in [0.15, 0.2) is 96.6 Å². The van der Waals surface area contributed by atoms with E-state index in [1.54, 1.807) is 6.08 Å². The molecule has 2 aliphatic carbocycles. The van der Waals surface area contributed by atoms with Gasteiger partial charge in [-0.15, -0.1) is 6.42 Å². The third-order valence-electron chi connectivity index (χ3n) is 12.3. The second-order valence-corrected chi connectivity index (χ2v) is 17.2. The van der Waals surface area contributed by atoms with Crippen molar-refractivity contribution in [2.75, 3.05) is 18.0 Å². The molecule has 0 bridgehead atoms. The summed E-state index contributed by atoms with van der Waals surface area (Å²) in [5, 5.41) is 2.44. The van der Waals surface area contributed by atoms with Gasteiger partial charge in [0.15, 0.2) is 5.60 Å². The number of terminal acetylenes is 1. The molecule has 2 heterocycles. The second kappa shape index (κ2) is 12.3. The molecular formula is C49H53NO. The van der Waals surface area contributed by atoms with Gasteiger partial charge in [0.2, 0.25) is 0 Å². The van der Waals surface area contributed by atoms with Crippen LogP contribution in [-0.2, 0) is 17.4 Å². The van der Waals surface area contributed by atoms with Crippen molar-refractivity contribution in [1.29, 1.82) is 0 Å². The maximum atomic E-state index is 7.67. The van der Waals surface area contributed by atoms with E-state index >= 15 is 0 Å². The van der Waals surface area contributed by atoms with E-state index in [-0.39, 0.29) is 16.2 Å². The molecule has 0 N–H and O–H groups in total. The molecule has 2 heteroatoms. The number of hydrogen-bond acceptors (Lipinski definition) is 2. The van der Waals surface area contributed by atoms with Crippen LogP contribution in [0.4, 0.5) is 5.69 Å². The number of anilines is 1. The minimum atomic E-state index is -0.842. The monoisotopic (exact) mass is 671 g/mol. The molecule has 1 saturated heterocycles. The number of hydrogen-bond donors (Lipinski definition) is 0. The van der Waals surface area contributed by atoms with Crippen LogP contribution in [0.5, 0.6) is 5.75 Å². The normalized spacial score (nSPS) is 22.8. The minimum absolute atomic E-state index is 0.119. The topological polar surface area (TPSA) is 12.5 Å². The highest BCUT2D eigenvalue weighted by Gasteiger charge is 2.55. The van der Waals surface area contributed by atoms with Crippen molar-refractivity contribution in [2.24, 2.45) is 10.8 Å². The van der Waals surface area contributed by atoms with Crippen molar-refractivity contribution in [2.45, 2.75) is 97.5 Å². The first-order valence-electron chi connectivity index (χ1n) is 19.3. The maximum absolute atomic E-state index is 7.67. The number of ether oxygens (including phenoxy) is 1. The lowest BCUT2D eigenvalue weighted by Gasteiger charge is -2.52. The summed E-state index contributed by atoms with van der Waals surface area (Å²) >= 11 is 0. The smallest absolute Gasteiger partial charge is 0.177 e. The number of aryl methyl sites for hydroxylation is 1. The predicted molar refractivity (Wildman–Crippen MR) is 217 cm³/mol. The fourth-order valence-electron chi connectivity index (χ4n) is 11.0. The van der Waals surface area contributed by atoms with Crippen molar-refractivity contribution >= 4 is 22.5 Å². The van der Waals surface area contributed by atoms with Gasteiger partial charge < -0.3 is 9.64 Å². The van der Waals surface area contributed by atoms with Gasteiger partial charge in [-0.05, 0) is 126 Å². The van der Waals surface area contributed by atoms with Crippen LogP contribution in [0.2, 0.25) is 0 Å². The molecule has 1 atom stereocenters. The quantitative estimate of drug-likeness (QED) is 0.155. The second-order valence-electron chi connectivity index (χ2n) is 17.2. The molecule has 0 aromatic heterocycles. The van der Waals surface area contributed by atoms with Gasteiger partial charge in [-0.3, -0.25) is 0 Å². The van der Waals surface area contributed by atoms with Gasteiger partial charge in [0.1, 0.15) is 5.75 Å². The molecule has 1 unspecified atom stereocenters. The van der Waals surface area contributed by atoms with Gasteiger partial charge in [0, 0.05) is 46.3 Å². The average Bonchev–Trinajstić information content (AvgIpc) is 3.38. The Morgan fingerprint density at radius 2 is 1.59 bits per heavy atom. The van der Waals surface area contributed by atoms with Crippen molar-refractivity contribution in [3.8, 4) is 29.2 Å². The van der Waals surface area contributed by atoms with Gasteiger partial charge in [0.05, 0.1) is 0 Å². The molecule has 4 aliphatic rings. The van der Waals surface area contributed by atoms with Crippen LogP contribution in [0.25, 0.3) is 28.0 Å². The van der Waals surface area contributed by atoms with Crippen LogP contribution < -0.4 is 9.64 Å². The molecule has 4 aromatic rings. The summed E-state index contributed by atoms with van der Waals surface area (Å²) in [5.74, 6) is 3.72. The third kappa shape index (κ3) is 5.39. The Balaban J connectivity index is 1.39. The first-order chi connectivity index (χ1) is 24.5. The highest BCUT2D eigenvalue weighted by molar-refractivity contribution is 6.08. The van der Waals surface area contributed by atoms with E-state index in [1.807, 2.05) is 0 Å². The zero-order valence-electron chi connectivity index (χ0n) is 31.5. The Hall–Kier alpha value is -4.48. The predicted octanol–water partition coefficient (Wildman–Crippen LogP) is 12.3. The van der Waals surface area contributed by atoms with Crippen LogP contribution >= 0.6 is 0 Å². The Bertz CT molecular complexity index is 2130. The van der Waals surface area contributed by atoms with E-state index in [0.29, 0.717) is 0 Å². The van der Waals surface area contributed by atoms with Gasteiger partial charge in [0.25, 0.3) is 0 Å². The van der Waals surface area contributed by atoms with E-state index in [4.69, 9.17) is 11.2 Å². The molecule has 51 heavy (non-hydrogen) atoms. The summed E-state index contributed by atoms with van der Waals surface area (Å²) in [6.07, 6.45) is 24.9. The summed E-state index contributed by atoms with van der Waals surface area (Å²) < 4.78 is 7.67. The number of piperidine rings is 1. The molecule has 2 aliphatic heterocycles. The standard InChI is InChI=1S/C49H53NO/c1-8-11-17-35(10-3)49(36-21-23-37(24-22-36)50-28-15-12-16-29-50)27-26-41-44-43(38-18-13-14-19-39(38)45(41)51-49)40-25-20-34(9-2)30-42(40)48(44)32-46(4,5)31-47(6,7)33-48/h1,10-11,13-14,17-27,30H,9,12,15-16,28-29,31-33H2,2-7H3/b17-11-,35-10+. The Morgan fingerprint density at radius 3 is 2.25 bits per heavy atom. The number of benzene rings is 4. The average molecular weight is 672 g/mol. The largest absolute Gasteiger partial charge is 0.472 e. The highest BCUT2D eigenvalue weighted by atomic mass is 16.5. The molecule has 0 radical (unpaired) electrons. The number of allylic oxidation sites excluding steroid dienone is 2. The van der Waals surface area contributed by atoms with Crippen LogP contribution in [0.1, 0.15) is 108 Å². The number of fused-ring (bicyclic) bond motifs is 10. The van der Waals surface area contributed by atoms with Gasteiger partial charge in [-0.2, -0.15) is 0 Å². The molecule has 0 amide bonds. The summed E-state index contributed by atoms with van der Waals surface area (Å²) in [7, 11) is 0. The lowest BCUT2D eigenvalue weighted by atomic mass is 9.52. The summed E-state index contributed by atoms with van der Waals surface area (Å²) in [4.78, 5) is 2.52. The first-order valence-corrected chi connectivity index (χ1v) is 19.3. The van der Waals surface area contributed by atoms with Gasteiger partial charge in [-0.25, -0.2) is 0 Å². The number of rotatable bonds is 5. The fraction of sp³-hybridized carbons (Fsp3) is 0.388. The molecule has 4 aromatic carbocycles. The Labute approximate surface area is 306 Å². The minimum Gasteiger partial charge on any atom is -0.472 e. The Morgan fingerprint density at radius 1 is 0.882 bits per heavy atom. The Kier molecular flexibility index (Phi) is 8.14. The first kappa shape index (κ1) is 33.7. The molecule has 1 saturated carbocycles. The third-order valence-corrected chi connectivity index (χ3v) is 12.3. The van der Waals surface area contributed by atoms with E-state index in [2.05, 4.69) is 143 Å². The van der Waals surface area contributed by atoms with Crippen molar-refractivity contribution in [3.63, 3.8) is 0 Å². The lowest BCUT2D eigenvalue weighted by Crippen LogP contribution is -2.44.